The van der Waals surface area contributed by atoms with Gasteiger partial charge in [-0.05, 0) is 119 Å². The second-order valence-corrected chi connectivity index (χ2v) is 18.4. The molecular formula is C46H69ClO2P+. The minimum Gasteiger partial charge on any atom is -0.353 e. The summed E-state index contributed by atoms with van der Waals surface area (Å²) in [4.78, 5) is 0. The second kappa shape index (κ2) is 25.1. The summed E-state index contributed by atoms with van der Waals surface area (Å²) in [6.07, 6.45) is 26.6. The van der Waals surface area contributed by atoms with Crippen molar-refractivity contribution in [3.63, 3.8) is 0 Å². The molecule has 4 heteroatoms. The van der Waals surface area contributed by atoms with Crippen molar-refractivity contribution >= 4 is 33.8 Å². The molecule has 0 bridgehead atoms. The molecule has 2 nitrogen and oxygen atoms in total. The van der Waals surface area contributed by atoms with Crippen LogP contribution in [-0.2, 0) is 15.9 Å². The molecule has 0 radical (unpaired) electrons. The Morgan fingerprint density at radius 2 is 1.06 bits per heavy atom. The fourth-order valence-electron chi connectivity index (χ4n) is 6.93. The summed E-state index contributed by atoms with van der Waals surface area (Å²) in [5, 5.41) is 3.84. The molecule has 3 rings (SSSR count). The van der Waals surface area contributed by atoms with Crippen LogP contribution in [0.4, 0.5) is 0 Å². The Balaban J connectivity index is 1.45. The fourth-order valence-corrected chi connectivity index (χ4v) is 12.0. The van der Waals surface area contributed by atoms with E-state index in [9.17, 15) is 0 Å². The molecule has 0 aliphatic heterocycles. The SMILES string of the molecule is CCCCCCCOC(CCCCC/C=C\CCCc1cccc([P+](Cl)(c2ccccc2C)c2ccccc2C)c1C)OCCCCCCC. The summed E-state index contributed by atoms with van der Waals surface area (Å²) in [6, 6.07) is 24.2. The van der Waals surface area contributed by atoms with E-state index in [1.165, 1.54) is 109 Å². The van der Waals surface area contributed by atoms with E-state index < -0.39 is 6.62 Å². The lowest BCUT2D eigenvalue weighted by molar-refractivity contribution is -0.148. The largest absolute Gasteiger partial charge is 0.353 e. The molecule has 0 aromatic heterocycles. The zero-order valence-corrected chi connectivity index (χ0v) is 34.0. The van der Waals surface area contributed by atoms with Crippen molar-refractivity contribution in [1.82, 2.24) is 0 Å². The Morgan fingerprint density at radius 3 is 1.62 bits per heavy atom. The lowest BCUT2D eigenvalue weighted by Crippen LogP contribution is -2.32. The van der Waals surface area contributed by atoms with E-state index in [4.69, 9.17) is 20.7 Å². The average molecular weight is 720 g/mol. The molecule has 0 amide bonds. The number of ether oxygens (including phenoxy) is 2. The Bertz CT molecular complexity index is 1310. The van der Waals surface area contributed by atoms with E-state index in [0.717, 1.165) is 58.2 Å². The molecule has 3 aromatic carbocycles. The fraction of sp³-hybridized carbons (Fsp3) is 0.565. The van der Waals surface area contributed by atoms with Gasteiger partial charge in [-0.2, -0.15) is 0 Å². The Labute approximate surface area is 312 Å². The van der Waals surface area contributed by atoms with Crippen molar-refractivity contribution in [2.45, 2.75) is 156 Å². The number of benzene rings is 3. The average Bonchev–Trinajstić information content (AvgIpc) is 3.12. The van der Waals surface area contributed by atoms with Crippen LogP contribution < -0.4 is 15.9 Å². The van der Waals surface area contributed by atoms with Crippen LogP contribution >= 0.6 is 17.9 Å². The standard InChI is InChI=1S/C46H69ClO2P/c1-6-8-10-18-26-37-48-46(49-38-27-19-11-9-7-2)36-21-17-15-13-12-14-16-20-31-42-32-28-35-45(41(42)5)50(47,43-33-24-22-29-39(43)3)44-34-25-23-30-40(44)4/h12,14,22-25,28-30,32-35,46H,6-11,13,15-21,26-27,31,36-38H2,1-5H3/q+1/b14-12-. The third kappa shape index (κ3) is 14.2. The Hall–Kier alpha value is -1.96. The minimum absolute atomic E-state index is 0.0237. The van der Waals surface area contributed by atoms with E-state index in [2.05, 4.69) is 114 Å². The van der Waals surface area contributed by atoms with Crippen molar-refractivity contribution in [2.24, 2.45) is 0 Å². The molecule has 0 atom stereocenters. The zero-order chi connectivity index (χ0) is 35.9. The van der Waals surface area contributed by atoms with Gasteiger partial charge in [0.2, 0.25) is 6.62 Å². The predicted octanol–water partition coefficient (Wildman–Crippen LogP) is 13.2. The maximum atomic E-state index is 7.95. The molecule has 0 unspecified atom stereocenters. The highest BCUT2D eigenvalue weighted by Crippen LogP contribution is 2.62. The quantitative estimate of drug-likeness (QED) is 0.0338. The van der Waals surface area contributed by atoms with Crippen LogP contribution in [0.2, 0.25) is 0 Å². The lowest BCUT2D eigenvalue weighted by Gasteiger charge is -2.24. The van der Waals surface area contributed by atoms with Gasteiger partial charge in [0.15, 0.2) is 6.29 Å². The normalized spacial score (nSPS) is 12.1. The molecule has 0 heterocycles. The first-order valence-corrected chi connectivity index (χ1v) is 22.8. The van der Waals surface area contributed by atoms with Gasteiger partial charge in [0, 0.05) is 13.2 Å². The first-order valence-electron chi connectivity index (χ1n) is 20.1. The summed E-state index contributed by atoms with van der Waals surface area (Å²) >= 11 is 7.95. The highest BCUT2D eigenvalue weighted by molar-refractivity contribution is 8.15. The van der Waals surface area contributed by atoms with Crippen LogP contribution in [0.5, 0.6) is 0 Å². The van der Waals surface area contributed by atoms with Crippen molar-refractivity contribution in [1.29, 1.82) is 0 Å². The summed E-state index contributed by atoms with van der Waals surface area (Å²) in [7, 11) is 0. The number of aryl methyl sites for hydroxylation is 3. The molecule has 0 aliphatic carbocycles. The molecule has 50 heavy (non-hydrogen) atoms. The van der Waals surface area contributed by atoms with Gasteiger partial charge >= 0.3 is 0 Å². The van der Waals surface area contributed by atoms with Crippen LogP contribution in [0, 0.1) is 20.8 Å². The van der Waals surface area contributed by atoms with Crippen LogP contribution in [0.3, 0.4) is 0 Å². The minimum atomic E-state index is -2.32. The second-order valence-electron chi connectivity index (χ2n) is 14.2. The first kappa shape index (κ1) is 42.5. The molecule has 3 aromatic rings. The van der Waals surface area contributed by atoms with Crippen LogP contribution in [0.15, 0.2) is 78.9 Å². The first-order chi connectivity index (χ1) is 24.4. The number of rotatable bonds is 27. The molecule has 0 spiro atoms. The van der Waals surface area contributed by atoms with Gasteiger partial charge in [-0.15, -0.1) is 0 Å². The zero-order valence-electron chi connectivity index (χ0n) is 32.4. The van der Waals surface area contributed by atoms with Gasteiger partial charge in [-0.3, -0.25) is 0 Å². The van der Waals surface area contributed by atoms with Crippen molar-refractivity contribution in [2.75, 3.05) is 13.2 Å². The predicted molar refractivity (Wildman–Crippen MR) is 224 cm³/mol. The molecule has 0 saturated carbocycles. The van der Waals surface area contributed by atoms with Crippen LogP contribution in [-0.4, -0.2) is 19.5 Å². The third-order valence-corrected chi connectivity index (χ3v) is 15.2. The van der Waals surface area contributed by atoms with E-state index >= 15 is 0 Å². The smallest absolute Gasteiger partial charge is 0.211 e. The topological polar surface area (TPSA) is 18.5 Å². The Kier molecular flexibility index (Phi) is 21.3. The van der Waals surface area contributed by atoms with Gasteiger partial charge < -0.3 is 9.47 Å². The molecular weight excluding hydrogens is 651 g/mol. The summed E-state index contributed by atoms with van der Waals surface area (Å²) in [6.45, 7) is 10.6. The van der Waals surface area contributed by atoms with Crippen molar-refractivity contribution in [3.05, 3.63) is 101 Å². The number of hydrogen-bond donors (Lipinski definition) is 0. The Morgan fingerprint density at radius 1 is 0.560 bits per heavy atom. The number of hydrogen-bond acceptors (Lipinski definition) is 2. The molecule has 0 fully saturated rings. The highest BCUT2D eigenvalue weighted by atomic mass is 35.7. The highest BCUT2D eigenvalue weighted by Gasteiger charge is 2.48. The lowest BCUT2D eigenvalue weighted by atomic mass is 10.0. The summed E-state index contributed by atoms with van der Waals surface area (Å²) in [5.41, 5.74) is 5.29. The maximum absolute atomic E-state index is 7.95. The van der Waals surface area contributed by atoms with Gasteiger partial charge in [0.1, 0.15) is 27.2 Å². The van der Waals surface area contributed by atoms with Gasteiger partial charge in [-0.25, -0.2) is 0 Å². The van der Waals surface area contributed by atoms with Gasteiger partial charge in [0.05, 0.1) is 0 Å². The number of unbranched alkanes of at least 4 members (excludes halogenated alkanes) is 12. The van der Waals surface area contributed by atoms with E-state index in [1.54, 1.807) is 0 Å². The third-order valence-electron chi connectivity index (χ3n) is 10.0. The molecule has 0 N–H and O–H groups in total. The van der Waals surface area contributed by atoms with Gasteiger partial charge in [0.25, 0.3) is 0 Å². The van der Waals surface area contributed by atoms with Crippen molar-refractivity contribution in [3.8, 4) is 0 Å². The van der Waals surface area contributed by atoms with Crippen LogP contribution in [0.25, 0.3) is 0 Å². The van der Waals surface area contributed by atoms with Crippen molar-refractivity contribution < 1.29 is 9.47 Å². The van der Waals surface area contributed by atoms with E-state index in [1.807, 2.05) is 0 Å². The summed E-state index contributed by atoms with van der Waals surface area (Å²) in [5.74, 6) is 0. The van der Waals surface area contributed by atoms with E-state index in [0.29, 0.717) is 0 Å². The molecule has 0 aliphatic rings. The number of halogens is 1. The van der Waals surface area contributed by atoms with Crippen LogP contribution in [0.1, 0.15) is 145 Å². The van der Waals surface area contributed by atoms with Gasteiger partial charge in [-0.1, -0.05) is 132 Å². The summed E-state index contributed by atoms with van der Waals surface area (Å²) < 4.78 is 12.4. The molecule has 276 valence electrons. The maximum Gasteiger partial charge on any atom is 0.211 e. The monoisotopic (exact) mass is 719 g/mol. The van der Waals surface area contributed by atoms with E-state index in [-0.39, 0.29) is 6.29 Å². The number of allylic oxidation sites excluding steroid dienone is 2. The molecule has 0 saturated heterocycles.